The number of carbonyl (C=O) groups is 6. The van der Waals surface area contributed by atoms with E-state index in [0.717, 1.165) is 35.1 Å². The van der Waals surface area contributed by atoms with Crippen LogP contribution >= 0.6 is 0 Å². The van der Waals surface area contributed by atoms with Gasteiger partial charge in [0.1, 0.15) is 25.2 Å². The fourth-order valence-electron chi connectivity index (χ4n) is 4.61. The Labute approximate surface area is 244 Å². The maximum absolute atomic E-state index is 13.7. The van der Waals surface area contributed by atoms with Crippen molar-refractivity contribution in [3.05, 3.63) is 71.8 Å². The van der Waals surface area contributed by atoms with Crippen LogP contribution in [0.4, 0.5) is 0 Å². The number of ether oxygens (including phenoxy) is 2. The lowest BCUT2D eigenvalue weighted by atomic mass is 9.99. The molecule has 0 aromatic heterocycles. The molecular formula is C30H36N4O8. The molecule has 2 atom stereocenters. The predicted molar refractivity (Wildman–Crippen MR) is 151 cm³/mol. The monoisotopic (exact) mass is 580 g/mol. The number of nitrogens with one attached hydrogen (secondary N) is 2. The fraction of sp³-hybridized carbons (Fsp3) is 0.400. The predicted octanol–water partition coefficient (Wildman–Crippen LogP) is 0.238. The van der Waals surface area contributed by atoms with Crippen LogP contribution in [0.15, 0.2) is 60.7 Å². The molecule has 224 valence electrons. The van der Waals surface area contributed by atoms with Gasteiger partial charge in [0.15, 0.2) is 0 Å². The highest BCUT2D eigenvalue weighted by molar-refractivity contribution is 6.03. The summed E-state index contributed by atoms with van der Waals surface area (Å²) in [6.07, 6.45) is 0.0250. The number of esters is 2. The average Bonchev–Trinajstić information content (AvgIpc) is 3.00. The molecule has 1 saturated heterocycles. The summed E-state index contributed by atoms with van der Waals surface area (Å²) in [4.78, 5) is 79.4. The van der Waals surface area contributed by atoms with E-state index in [1.165, 1.54) is 0 Å². The van der Waals surface area contributed by atoms with E-state index >= 15 is 0 Å². The molecule has 1 aliphatic rings. The van der Waals surface area contributed by atoms with Gasteiger partial charge in [-0.05, 0) is 24.0 Å². The molecule has 1 fully saturated rings. The third kappa shape index (κ3) is 9.15. The first-order valence-corrected chi connectivity index (χ1v) is 13.6. The van der Waals surface area contributed by atoms with Crippen LogP contribution in [0.3, 0.4) is 0 Å². The van der Waals surface area contributed by atoms with Crippen molar-refractivity contribution in [2.75, 3.05) is 40.4 Å². The van der Waals surface area contributed by atoms with Gasteiger partial charge in [-0.3, -0.25) is 28.8 Å². The van der Waals surface area contributed by atoms with Crippen LogP contribution in [-0.2, 0) is 51.1 Å². The number of benzene rings is 2. The minimum Gasteiger partial charge on any atom is -0.469 e. The van der Waals surface area contributed by atoms with E-state index < -0.39 is 73.6 Å². The van der Waals surface area contributed by atoms with E-state index in [4.69, 9.17) is 9.47 Å². The molecule has 0 saturated carbocycles. The number of nitrogens with zero attached hydrogens (tertiary/aromatic N) is 2. The molecule has 1 aliphatic heterocycles. The number of amides is 4. The first kappa shape index (κ1) is 31.8. The molecule has 0 radical (unpaired) electrons. The number of hydrogen-bond donors (Lipinski definition) is 2. The number of rotatable bonds is 14. The summed E-state index contributed by atoms with van der Waals surface area (Å²) in [5.74, 6) is -4.19. The second-order valence-electron chi connectivity index (χ2n) is 9.70. The average molecular weight is 581 g/mol. The van der Waals surface area contributed by atoms with E-state index in [1.54, 1.807) is 0 Å². The molecule has 2 aromatic carbocycles. The summed E-state index contributed by atoms with van der Waals surface area (Å²) < 4.78 is 9.44. The number of hydrogen-bond acceptors (Lipinski definition) is 8. The van der Waals surface area contributed by atoms with Crippen LogP contribution < -0.4 is 10.6 Å². The Kier molecular flexibility index (Phi) is 12.0. The maximum Gasteiger partial charge on any atom is 0.308 e. The quantitative estimate of drug-likeness (QED) is 0.302. The van der Waals surface area contributed by atoms with E-state index in [9.17, 15) is 28.8 Å². The van der Waals surface area contributed by atoms with Gasteiger partial charge >= 0.3 is 11.9 Å². The van der Waals surface area contributed by atoms with Crippen LogP contribution in [0, 0.1) is 0 Å². The van der Waals surface area contributed by atoms with Crippen LogP contribution in [0.5, 0.6) is 0 Å². The number of piperazine rings is 1. The van der Waals surface area contributed by atoms with Gasteiger partial charge in [0.25, 0.3) is 0 Å². The van der Waals surface area contributed by atoms with Crippen LogP contribution in [0.1, 0.15) is 24.0 Å². The zero-order valence-electron chi connectivity index (χ0n) is 23.7. The van der Waals surface area contributed by atoms with Gasteiger partial charge in [-0.1, -0.05) is 60.7 Å². The molecule has 0 bridgehead atoms. The highest BCUT2D eigenvalue weighted by atomic mass is 16.5. The molecule has 0 unspecified atom stereocenters. The minimum absolute atomic E-state index is 0.279. The lowest BCUT2D eigenvalue weighted by Gasteiger charge is -2.43. The van der Waals surface area contributed by atoms with Crippen molar-refractivity contribution in [3.63, 3.8) is 0 Å². The summed E-state index contributed by atoms with van der Waals surface area (Å²) >= 11 is 0. The molecule has 12 heteroatoms. The van der Waals surface area contributed by atoms with Crippen molar-refractivity contribution in [2.24, 2.45) is 0 Å². The standard InChI is InChI=1S/C30H36N4O8/c1-41-27(37)17-23-29(39)34(20-26(36)32-16-14-22-11-7-4-8-12-22)24(18-28(38)42-2)30(40)33(23)19-25(35)31-15-13-21-9-5-3-6-10-21/h3-12,23-24H,13-20H2,1-2H3,(H,31,35)(H,32,36)/t23-,24-/m0/s1. The second kappa shape index (κ2) is 15.9. The highest BCUT2D eigenvalue weighted by Crippen LogP contribution is 2.23. The summed E-state index contributed by atoms with van der Waals surface area (Å²) in [5, 5.41) is 5.44. The Balaban J connectivity index is 1.74. The van der Waals surface area contributed by atoms with Gasteiger partial charge in [0.05, 0.1) is 27.1 Å². The van der Waals surface area contributed by atoms with Crippen LogP contribution in [-0.4, -0.2) is 97.8 Å². The molecule has 3 rings (SSSR count). The van der Waals surface area contributed by atoms with Crippen molar-refractivity contribution in [1.82, 2.24) is 20.4 Å². The Morgan fingerprint density at radius 3 is 1.33 bits per heavy atom. The van der Waals surface area contributed by atoms with Gasteiger partial charge in [0, 0.05) is 13.1 Å². The van der Waals surface area contributed by atoms with Crippen LogP contribution in [0.2, 0.25) is 0 Å². The van der Waals surface area contributed by atoms with Gasteiger partial charge in [-0.25, -0.2) is 0 Å². The lowest BCUT2D eigenvalue weighted by molar-refractivity contribution is -0.169. The van der Waals surface area contributed by atoms with Crippen LogP contribution in [0.25, 0.3) is 0 Å². The molecule has 1 heterocycles. The second-order valence-corrected chi connectivity index (χ2v) is 9.70. The summed E-state index contributed by atoms with van der Waals surface area (Å²) in [5.41, 5.74) is 2.00. The molecule has 42 heavy (non-hydrogen) atoms. The first-order chi connectivity index (χ1) is 20.2. The molecule has 4 amide bonds. The molecular weight excluding hydrogens is 544 g/mol. The van der Waals surface area contributed by atoms with Gasteiger partial charge in [-0.15, -0.1) is 0 Å². The summed E-state index contributed by atoms with van der Waals surface area (Å²) in [6.45, 7) is -0.506. The van der Waals surface area contributed by atoms with Gasteiger partial charge in [-0.2, -0.15) is 0 Å². The Morgan fingerprint density at radius 1 is 0.643 bits per heavy atom. The SMILES string of the molecule is COC(=O)C[C@H]1C(=O)N(CC(=O)NCCc2ccccc2)[C@@H](CC(=O)OC)C(=O)N1CC(=O)NCCc1ccccc1. The largest absolute Gasteiger partial charge is 0.469 e. The van der Waals surface area contributed by atoms with Crippen molar-refractivity contribution in [2.45, 2.75) is 37.8 Å². The summed E-state index contributed by atoms with van der Waals surface area (Å²) in [6, 6.07) is 16.1. The zero-order chi connectivity index (χ0) is 30.5. The van der Waals surface area contributed by atoms with Crippen molar-refractivity contribution in [3.8, 4) is 0 Å². The molecule has 12 nitrogen and oxygen atoms in total. The van der Waals surface area contributed by atoms with Gasteiger partial charge in [0.2, 0.25) is 23.6 Å². The number of carbonyl (C=O) groups excluding carboxylic acids is 6. The normalized spacial score (nSPS) is 16.5. The van der Waals surface area contributed by atoms with E-state index in [1.807, 2.05) is 60.7 Å². The van der Waals surface area contributed by atoms with Crippen molar-refractivity contribution >= 4 is 35.6 Å². The van der Waals surface area contributed by atoms with E-state index in [0.29, 0.717) is 12.8 Å². The zero-order valence-corrected chi connectivity index (χ0v) is 23.7. The molecule has 0 spiro atoms. The highest BCUT2D eigenvalue weighted by Gasteiger charge is 2.48. The Morgan fingerprint density at radius 2 is 1.00 bits per heavy atom. The van der Waals surface area contributed by atoms with Gasteiger partial charge < -0.3 is 29.9 Å². The van der Waals surface area contributed by atoms with E-state index in [-0.39, 0.29) is 13.1 Å². The molecule has 2 aromatic rings. The third-order valence-corrected chi connectivity index (χ3v) is 6.85. The lowest BCUT2D eigenvalue weighted by Crippen LogP contribution is -2.67. The Hall–Kier alpha value is -4.74. The molecule has 0 aliphatic carbocycles. The first-order valence-electron chi connectivity index (χ1n) is 13.6. The summed E-state index contributed by atoms with van der Waals surface area (Å²) in [7, 11) is 2.27. The van der Waals surface area contributed by atoms with Crippen molar-refractivity contribution < 1.29 is 38.2 Å². The minimum atomic E-state index is -1.41. The topological polar surface area (TPSA) is 151 Å². The molecule has 2 N–H and O–H groups in total. The Bertz CT molecular complexity index is 1160. The fourth-order valence-corrected chi connectivity index (χ4v) is 4.61. The third-order valence-electron chi connectivity index (χ3n) is 6.85. The number of methoxy groups -OCH3 is 2. The maximum atomic E-state index is 13.7. The van der Waals surface area contributed by atoms with Crippen molar-refractivity contribution in [1.29, 1.82) is 0 Å². The van der Waals surface area contributed by atoms with E-state index in [2.05, 4.69) is 10.6 Å². The smallest absolute Gasteiger partial charge is 0.308 e.